The van der Waals surface area contributed by atoms with E-state index in [1.54, 1.807) is 25.1 Å². The van der Waals surface area contributed by atoms with Gasteiger partial charge in [0.05, 0.1) is 5.02 Å². The molecule has 21 heavy (non-hydrogen) atoms. The van der Waals surface area contributed by atoms with Gasteiger partial charge in [-0.25, -0.2) is 4.39 Å². The molecule has 0 aliphatic heterocycles. The third-order valence-electron chi connectivity index (χ3n) is 2.59. The van der Waals surface area contributed by atoms with Gasteiger partial charge in [-0.2, -0.15) is 5.26 Å². The van der Waals surface area contributed by atoms with Crippen molar-refractivity contribution in [1.29, 1.82) is 5.26 Å². The van der Waals surface area contributed by atoms with Crippen LogP contribution in [0.2, 0.25) is 5.02 Å². The van der Waals surface area contributed by atoms with Gasteiger partial charge < -0.3 is 9.73 Å². The third-order valence-corrected chi connectivity index (χ3v) is 2.88. The Labute approximate surface area is 125 Å². The first-order valence-electron chi connectivity index (χ1n) is 5.94. The second kappa shape index (κ2) is 6.25. The molecular formula is C15H10ClFN2O2. The lowest BCUT2D eigenvalue weighted by Gasteiger charge is -2.04. The van der Waals surface area contributed by atoms with Crippen LogP contribution in [-0.4, -0.2) is 5.91 Å². The molecule has 0 bridgehead atoms. The number of benzene rings is 1. The largest absolute Gasteiger partial charge is 0.462 e. The number of rotatable bonds is 3. The Balaban J connectivity index is 2.19. The highest BCUT2D eigenvalue weighted by Crippen LogP contribution is 2.20. The number of nitrogens with zero attached hydrogens (tertiary/aromatic N) is 1. The van der Waals surface area contributed by atoms with Crippen molar-refractivity contribution in [1.82, 2.24) is 0 Å². The van der Waals surface area contributed by atoms with Gasteiger partial charge in [-0.05, 0) is 37.3 Å². The minimum atomic E-state index is -0.630. The molecule has 0 aliphatic carbocycles. The number of furan rings is 1. The monoisotopic (exact) mass is 304 g/mol. The van der Waals surface area contributed by atoms with E-state index >= 15 is 0 Å². The quantitative estimate of drug-likeness (QED) is 0.690. The fourth-order valence-corrected chi connectivity index (χ4v) is 1.77. The third kappa shape index (κ3) is 3.71. The smallest absolute Gasteiger partial charge is 0.266 e. The van der Waals surface area contributed by atoms with E-state index < -0.39 is 11.7 Å². The van der Waals surface area contributed by atoms with Crippen molar-refractivity contribution in [2.75, 3.05) is 5.32 Å². The van der Waals surface area contributed by atoms with Gasteiger partial charge in [0.25, 0.3) is 5.91 Å². The number of amides is 1. The van der Waals surface area contributed by atoms with E-state index in [-0.39, 0.29) is 10.6 Å². The van der Waals surface area contributed by atoms with Crippen molar-refractivity contribution in [2.24, 2.45) is 0 Å². The molecule has 6 heteroatoms. The van der Waals surface area contributed by atoms with Crippen LogP contribution < -0.4 is 5.32 Å². The van der Waals surface area contributed by atoms with Crippen LogP contribution in [0.1, 0.15) is 11.5 Å². The van der Waals surface area contributed by atoms with Gasteiger partial charge in [0.1, 0.15) is 29.0 Å². The topological polar surface area (TPSA) is 66.0 Å². The molecule has 0 fully saturated rings. The summed E-state index contributed by atoms with van der Waals surface area (Å²) in [5.41, 5.74) is 0.160. The van der Waals surface area contributed by atoms with Gasteiger partial charge in [-0.3, -0.25) is 4.79 Å². The second-order valence-corrected chi connectivity index (χ2v) is 4.61. The van der Waals surface area contributed by atoms with Crippen LogP contribution in [0, 0.1) is 24.1 Å². The maximum atomic E-state index is 13.0. The number of nitriles is 1. The van der Waals surface area contributed by atoms with E-state index in [1.165, 1.54) is 18.2 Å². The zero-order valence-corrected chi connectivity index (χ0v) is 11.7. The lowest BCUT2D eigenvalue weighted by atomic mass is 10.2. The van der Waals surface area contributed by atoms with Crippen LogP contribution in [0.25, 0.3) is 6.08 Å². The molecule has 1 aromatic heterocycles. The summed E-state index contributed by atoms with van der Waals surface area (Å²) in [6.07, 6.45) is 1.33. The van der Waals surface area contributed by atoms with Crippen molar-refractivity contribution in [2.45, 2.75) is 6.92 Å². The minimum absolute atomic E-state index is 0.114. The van der Waals surface area contributed by atoms with Gasteiger partial charge in [0.2, 0.25) is 0 Å². The molecule has 0 unspecified atom stereocenters. The predicted molar refractivity (Wildman–Crippen MR) is 77.1 cm³/mol. The Hall–Kier alpha value is -2.58. The van der Waals surface area contributed by atoms with E-state index in [2.05, 4.69) is 5.32 Å². The highest BCUT2D eigenvalue weighted by atomic mass is 35.5. The van der Waals surface area contributed by atoms with Crippen molar-refractivity contribution in [3.05, 3.63) is 58.3 Å². The van der Waals surface area contributed by atoms with Crippen molar-refractivity contribution in [3.63, 3.8) is 0 Å². The molecule has 0 spiro atoms. The summed E-state index contributed by atoms with van der Waals surface area (Å²) < 4.78 is 18.3. The molecule has 0 aliphatic rings. The fraction of sp³-hybridized carbons (Fsp3) is 0.0667. The number of carbonyl (C=O) groups excluding carboxylic acids is 1. The first-order chi connectivity index (χ1) is 9.99. The van der Waals surface area contributed by atoms with E-state index in [0.717, 1.165) is 6.07 Å². The first-order valence-corrected chi connectivity index (χ1v) is 6.32. The Morgan fingerprint density at radius 2 is 2.19 bits per heavy atom. The molecule has 1 amide bonds. The summed E-state index contributed by atoms with van der Waals surface area (Å²) in [6.45, 7) is 1.75. The summed E-state index contributed by atoms with van der Waals surface area (Å²) in [5.74, 6) is -0.147. The molecule has 106 valence electrons. The molecule has 2 rings (SSSR count). The van der Waals surface area contributed by atoms with Crippen LogP contribution in [0.5, 0.6) is 0 Å². The van der Waals surface area contributed by atoms with Crippen molar-refractivity contribution < 1.29 is 13.6 Å². The predicted octanol–water partition coefficient (Wildman–Crippen LogP) is 3.93. The molecule has 0 saturated carbocycles. The number of halogens is 2. The molecule has 1 heterocycles. The van der Waals surface area contributed by atoms with Crippen molar-refractivity contribution >= 4 is 29.3 Å². The summed E-state index contributed by atoms with van der Waals surface area (Å²) in [6, 6.07) is 8.90. The van der Waals surface area contributed by atoms with Crippen LogP contribution in [0.3, 0.4) is 0 Å². The first kappa shape index (κ1) is 14.8. The molecular weight excluding hydrogens is 295 g/mol. The SMILES string of the molecule is Cc1ccc(/C=C(\C#N)C(=O)Nc2ccc(F)c(Cl)c2)o1. The minimum Gasteiger partial charge on any atom is -0.462 e. The van der Waals surface area contributed by atoms with Crippen LogP contribution >= 0.6 is 11.6 Å². The molecule has 4 nitrogen and oxygen atoms in total. The molecule has 0 radical (unpaired) electrons. The van der Waals surface area contributed by atoms with E-state index in [0.29, 0.717) is 17.2 Å². The normalized spacial score (nSPS) is 11.0. The van der Waals surface area contributed by atoms with Gasteiger partial charge in [-0.15, -0.1) is 0 Å². The second-order valence-electron chi connectivity index (χ2n) is 4.20. The van der Waals surface area contributed by atoms with E-state index in [4.69, 9.17) is 21.3 Å². The highest BCUT2D eigenvalue weighted by Gasteiger charge is 2.11. The average molecular weight is 305 g/mol. The standard InChI is InChI=1S/C15H10ClFN2O2/c1-9-2-4-12(21-9)6-10(8-18)15(20)19-11-3-5-14(17)13(16)7-11/h2-7H,1H3,(H,19,20)/b10-6+. The molecule has 1 N–H and O–H groups in total. The Morgan fingerprint density at radius 1 is 1.43 bits per heavy atom. The van der Waals surface area contributed by atoms with Gasteiger partial charge in [-0.1, -0.05) is 11.6 Å². The number of aryl methyl sites for hydroxylation is 1. The molecule has 0 atom stereocenters. The zero-order valence-electron chi connectivity index (χ0n) is 11.0. The summed E-state index contributed by atoms with van der Waals surface area (Å²) in [4.78, 5) is 12.0. The van der Waals surface area contributed by atoms with Crippen LogP contribution in [0.15, 0.2) is 40.3 Å². The number of hydrogen-bond donors (Lipinski definition) is 1. The maximum absolute atomic E-state index is 13.0. The molecule has 2 aromatic rings. The lowest BCUT2D eigenvalue weighted by molar-refractivity contribution is -0.112. The van der Waals surface area contributed by atoms with Crippen LogP contribution in [-0.2, 0) is 4.79 Å². The number of nitrogens with one attached hydrogen (secondary N) is 1. The maximum Gasteiger partial charge on any atom is 0.266 e. The number of anilines is 1. The highest BCUT2D eigenvalue weighted by molar-refractivity contribution is 6.31. The number of carbonyl (C=O) groups is 1. The number of hydrogen-bond acceptors (Lipinski definition) is 3. The summed E-state index contributed by atoms with van der Waals surface area (Å²) in [7, 11) is 0. The summed E-state index contributed by atoms with van der Waals surface area (Å²) in [5, 5.41) is 11.4. The van der Waals surface area contributed by atoms with Crippen LogP contribution in [0.4, 0.5) is 10.1 Å². The van der Waals surface area contributed by atoms with E-state index in [9.17, 15) is 9.18 Å². The Kier molecular flexibility index (Phi) is 4.41. The fourth-order valence-electron chi connectivity index (χ4n) is 1.59. The Bertz CT molecular complexity index is 759. The Morgan fingerprint density at radius 3 is 2.76 bits per heavy atom. The molecule has 1 aromatic carbocycles. The van der Waals surface area contributed by atoms with Gasteiger partial charge in [0.15, 0.2) is 0 Å². The van der Waals surface area contributed by atoms with Crippen molar-refractivity contribution in [3.8, 4) is 6.07 Å². The lowest BCUT2D eigenvalue weighted by Crippen LogP contribution is -2.13. The van der Waals surface area contributed by atoms with Gasteiger partial charge >= 0.3 is 0 Å². The van der Waals surface area contributed by atoms with E-state index in [1.807, 2.05) is 0 Å². The summed E-state index contributed by atoms with van der Waals surface area (Å²) >= 11 is 5.62. The molecule has 0 saturated heterocycles. The average Bonchev–Trinajstić information content (AvgIpc) is 2.85. The zero-order chi connectivity index (χ0) is 15.4. The van der Waals surface area contributed by atoms with Gasteiger partial charge in [0, 0.05) is 11.8 Å².